The summed E-state index contributed by atoms with van der Waals surface area (Å²) in [6, 6.07) is 10.4. The van der Waals surface area contributed by atoms with Gasteiger partial charge in [-0.3, -0.25) is 4.90 Å². The van der Waals surface area contributed by atoms with E-state index >= 15 is 0 Å². The van der Waals surface area contributed by atoms with Gasteiger partial charge in [-0.25, -0.2) is 4.79 Å². The lowest BCUT2D eigenvalue weighted by atomic mass is 10.1. The number of hydrogen-bond acceptors (Lipinski definition) is 4. The number of urea groups is 1. The molecular weight excluding hydrogens is 346 g/mol. The first-order valence-electron chi connectivity index (χ1n) is 8.99. The summed E-state index contributed by atoms with van der Waals surface area (Å²) < 4.78 is 5.49. The first-order valence-corrected chi connectivity index (χ1v) is 9.87. The van der Waals surface area contributed by atoms with Crippen molar-refractivity contribution in [1.82, 2.24) is 9.80 Å². The van der Waals surface area contributed by atoms with E-state index in [9.17, 15) is 4.79 Å². The zero-order valence-electron chi connectivity index (χ0n) is 15.7. The first-order chi connectivity index (χ1) is 12.5. The summed E-state index contributed by atoms with van der Waals surface area (Å²) in [5.74, 6) is 0. The molecule has 1 fully saturated rings. The van der Waals surface area contributed by atoms with Gasteiger partial charge in [-0.1, -0.05) is 23.8 Å². The minimum Gasteiger partial charge on any atom is -0.379 e. The average molecular weight is 374 g/mol. The number of amides is 2. The van der Waals surface area contributed by atoms with Crippen LogP contribution in [0.5, 0.6) is 0 Å². The monoisotopic (exact) mass is 373 g/mol. The molecule has 3 rings (SSSR count). The van der Waals surface area contributed by atoms with Gasteiger partial charge in [-0.05, 0) is 36.9 Å². The number of benzene rings is 1. The number of aryl methyl sites for hydroxylation is 2. The van der Waals surface area contributed by atoms with E-state index in [0.717, 1.165) is 37.6 Å². The summed E-state index contributed by atoms with van der Waals surface area (Å²) in [7, 11) is 1.86. The first kappa shape index (κ1) is 18.9. The summed E-state index contributed by atoms with van der Waals surface area (Å²) in [6.07, 6.45) is 0. The van der Waals surface area contributed by atoms with Crippen molar-refractivity contribution in [2.75, 3.05) is 45.2 Å². The second kappa shape index (κ2) is 8.66. The van der Waals surface area contributed by atoms with Crippen LogP contribution in [0.1, 0.15) is 22.0 Å². The van der Waals surface area contributed by atoms with Crippen molar-refractivity contribution in [2.45, 2.75) is 19.9 Å². The van der Waals surface area contributed by atoms with Crippen LogP contribution in [0.2, 0.25) is 0 Å². The summed E-state index contributed by atoms with van der Waals surface area (Å²) in [5, 5.41) is 5.13. The van der Waals surface area contributed by atoms with Gasteiger partial charge < -0.3 is 15.0 Å². The van der Waals surface area contributed by atoms with Gasteiger partial charge >= 0.3 is 6.03 Å². The Morgan fingerprint density at radius 2 is 2.08 bits per heavy atom. The van der Waals surface area contributed by atoms with Crippen molar-refractivity contribution in [3.05, 3.63) is 51.7 Å². The van der Waals surface area contributed by atoms with Crippen molar-refractivity contribution in [3.63, 3.8) is 0 Å². The van der Waals surface area contributed by atoms with Crippen LogP contribution in [0.3, 0.4) is 0 Å². The molecule has 6 heteroatoms. The normalized spacial score (nSPS) is 16.3. The molecule has 0 spiro atoms. The third kappa shape index (κ3) is 4.63. The number of carbonyl (C=O) groups is 1. The molecule has 0 radical (unpaired) electrons. The van der Waals surface area contributed by atoms with Gasteiger partial charge in [-0.15, -0.1) is 11.3 Å². The zero-order valence-corrected chi connectivity index (χ0v) is 16.5. The van der Waals surface area contributed by atoms with Crippen LogP contribution in [0.4, 0.5) is 10.5 Å². The number of hydrogen-bond donors (Lipinski definition) is 1. The van der Waals surface area contributed by atoms with E-state index in [1.807, 2.05) is 26.1 Å². The molecule has 1 aromatic heterocycles. The Bertz CT molecular complexity index is 727. The lowest BCUT2D eigenvalue weighted by Crippen LogP contribution is -2.44. The van der Waals surface area contributed by atoms with E-state index < -0.39 is 0 Å². The van der Waals surface area contributed by atoms with Crippen molar-refractivity contribution in [3.8, 4) is 0 Å². The summed E-state index contributed by atoms with van der Waals surface area (Å²) >= 11 is 1.75. The highest BCUT2D eigenvalue weighted by molar-refractivity contribution is 7.10. The molecule has 140 valence electrons. The molecule has 0 unspecified atom stereocenters. The van der Waals surface area contributed by atoms with Crippen molar-refractivity contribution < 1.29 is 9.53 Å². The zero-order chi connectivity index (χ0) is 18.5. The molecule has 0 bridgehead atoms. The Morgan fingerprint density at radius 3 is 2.73 bits per heavy atom. The quantitative estimate of drug-likeness (QED) is 0.864. The molecule has 1 saturated heterocycles. The molecule has 2 heterocycles. The van der Waals surface area contributed by atoms with Crippen LogP contribution in [-0.4, -0.2) is 55.7 Å². The van der Waals surface area contributed by atoms with Gasteiger partial charge in [0.25, 0.3) is 0 Å². The van der Waals surface area contributed by atoms with Crippen LogP contribution < -0.4 is 5.32 Å². The Morgan fingerprint density at radius 1 is 1.31 bits per heavy atom. The van der Waals surface area contributed by atoms with Gasteiger partial charge in [0.2, 0.25) is 0 Å². The maximum absolute atomic E-state index is 12.7. The van der Waals surface area contributed by atoms with Gasteiger partial charge in [0.15, 0.2) is 0 Å². The fourth-order valence-electron chi connectivity index (χ4n) is 3.26. The second-order valence-electron chi connectivity index (χ2n) is 6.81. The molecular formula is C20H27N3O2S. The minimum absolute atomic E-state index is 0.0771. The van der Waals surface area contributed by atoms with Gasteiger partial charge in [0.1, 0.15) is 0 Å². The predicted octanol–water partition coefficient (Wildman–Crippen LogP) is 3.90. The van der Waals surface area contributed by atoms with E-state index in [4.69, 9.17) is 4.74 Å². The van der Waals surface area contributed by atoms with Crippen LogP contribution in [0.25, 0.3) is 0 Å². The smallest absolute Gasteiger partial charge is 0.321 e. The highest BCUT2D eigenvalue weighted by Gasteiger charge is 2.26. The number of rotatable bonds is 5. The molecule has 5 nitrogen and oxygen atoms in total. The van der Waals surface area contributed by atoms with Crippen molar-refractivity contribution in [2.24, 2.45) is 0 Å². The number of morpholine rings is 1. The maximum atomic E-state index is 12.7. The van der Waals surface area contributed by atoms with Crippen LogP contribution in [0.15, 0.2) is 35.7 Å². The van der Waals surface area contributed by atoms with Gasteiger partial charge in [0, 0.05) is 37.2 Å². The highest BCUT2D eigenvalue weighted by Crippen LogP contribution is 2.27. The molecule has 2 amide bonds. The molecule has 0 aliphatic carbocycles. The Labute approximate surface area is 159 Å². The number of ether oxygens (including phenoxy) is 1. The van der Waals surface area contributed by atoms with Crippen LogP contribution in [-0.2, 0) is 4.74 Å². The average Bonchev–Trinajstić information content (AvgIpc) is 3.17. The van der Waals surface area contributed by atoms with E-state index in [2.05, 4.69) is 40.7 Å². The summed E-state index contributed by atoms with van der Waals surface area (Å²) in [4.78, 5) is 18.2. The molecule has 1 aromatic carbocycles. The highest BCUT2D eigenvalue weighted by atomic mass is 32.1. The molecule has 1 aliphatic heterocycles. The number of likely N-dealkylation sites (N-methyl/N-ethyl adjacent to an activating group) is 1. The Balaban J connectivity index is 1.68. The number of carbonyl (C=O) groups excluding carboxylic acids is 1. The van der Waals surface area contributed by atoms with Crippen LogP contribution >= 0.6 is 11.3 Å². The molecule has 1 aliphatic rings. The van der Waals surface area contributed by atoms with E-state index in [0.29, 0.717) is 6.54 Å². The standard InChI is InChI=1S/C20H27N3O2S/c1-15-6-7-17(16(2)13-15)21-20(24)22(3)14-18(19-5-4-12-26-19)23-8-10-25-11-9-23/h4-7,12-13,18H,8-11,14H2,1-3H3,(H,21,24)/t18-/m0/s1. The number of nitrogens with one attached hydrogen (secondary N) is 1. The molecule has 26 heavy (non-hydrogen) atoms. The van der Waals surface area contributed by atoms with Gasteiger partial charge in [0.05, 0.1) is 19.3 Å². The fourth-order valence-corrected chi connectivity index (χ4v) is 4.11. The van der Waals surface area contributed by atoms with E-state index in [-0.39, 0.29) is 12.1 Å². The summed E-state index contributed by atoms with van der Waals surface area (Å²) in [6.45, 7) is 8.02. The Kier molecular flexibility index (Phi) is 6.29. The lowest BCUT2D eigenvalue weighted by molar-refractivity contribution is 0.0125. The second-order valence-corrected chi connectivity index (χ2v) is 7.79. The minimum atomic E-state index is -0.0771. The predicted molar refractivity (Wildman–Crippen MR) is 107 cm³/mol. The van der Waals surface area contributed by atoms with E-state index in [1.165, 1.54) is 10.4 Å². The summed E-state index contributed by atoms with van der Waals surface area (Å²) in [5.41, 5.74) is 3.14. The van der Waals surface area contributed by atoms with Crippen molar-refractivity contribution >= 4 is 23.1 Å². The molecule has 2 aromatic rings. The SMILES string of the molecule is Cc1ccc(NC(=O)N(C)C[C@@H](c2cccs2)N2CCOCC2)c(C)c1. The molecule has 1 atom stereocenters. The lowest BCUT2D eigenvalue weighted by Gasteiger charge is -2.36. The maximum Gasteiger partial charge on any atom is 0.321 e. The topological polar surface area (TPSA) is 44.8 Å². The molecule has 1 N–H and O–H groups in total. The number of nitrogens with zero attached hydrogens (tertiary/aromatic N) is 2. The van der Waals surface area contributed by atoms with E-state index in [1.54, 1.807) is 16.2 Å². The Hall–Kier alpha value is -1.89. The fraction of sp³-hybridized carbons (Fsp3) is 0.450. The van der Waals surface area contributed by atoms with Gasteiger partial charge in [-0.2, -0.15) is 0 Å². The molecule has 0 saturated carbocycles. The number of thiophene rings is 1. The third-order valence-electron chi connectivity index (χ3n) is 4.78. The third-order valence-corrected chi connectivity index (χ3v) is 5.75. The number of anilines is 1. The van der Waals surface area contributed by atoms with Crippen molar-refractivity contribution in [1.29, 1.82) is 0 Å². The largest absolute Gasteiger partial charge is 0.379 e. The van der Waals surface area contributed by atoms with Crippen LogP contribution in [0, 0.1) is 13.8 Å².